The van der Waals surface area contributed by atoms with Crippen LogP contribution in [0, 0.1) is 5.82 Å². The van der Waals surface area contributed by atoms with Gasteiger partial charge in [0.05, 0.1) is 0 Å². The third-order valence-corrected chi connectivity index (χ3v) is 4.69. The summed E-state index contributed by atoms with van der Waals surface area (Å²) in [6, 6.07) is 11.3. The Bertz CT molecular complexity index is 815. The van der Waals surface area contributed by atoms with E-state index in [4.69, 9.17) is 0 Å². The van der Waals surface area contributed by atoms with Crippen molar-refractivity contribution < 1.29 is 14.0 Å². The second-order valence-corrected chi connectivity index (χ2v) is 7.05. The van der Waals surface area contributed by atoms with Gasteiger partial charge in [0.1, 0.15) is 5.82 Å². The van der Waals surface area contributed by atoms with Crippen LogP contribution in [-0.2, 0) is 12.8 Å². The fraction of sp³-hybridized carbons (Fsp3) is 0.333. The average Bonchev–Trinajstić information content (AvgIpc) is 3.01. The first-order valence-electron chi connectivity index (χ1n) is 8.78. The number of ketones is 1. The molecule has 3 rings (SSSR count). The molecule has 1 amide bonds. The van der Waals surface area contributed by atoms with E-state index in [9.17, 15) is 14.0 Å². The number of halogens is 1. The minimum Gasteiger partial charge on any atom is -0.349 e. The number of Topliss-reactive ketones (excluding diaryl/α,β-unsaturated/α-hetero) is 1. The summed E-state index contributed by atoms with van der Waals surface area (Å²) in [7, 11) is 3.90. The highest BCUT2D eigenvalue weighted by Crippen LogP contribution is 2.24. The number of fused-ring (bicyclic) bond motifs is 1. The van der Waals surface area contributed by atoms with Gasteiger partial charge in [0.15, 0.2) is 5.78 Å². The predicted octanol–water partition coefficient (Wildman–Crippen LogP) is 2.86. The fourth-order valence-electron chi connectivity index (χ4n) is 3.23. The Hall–Kier alpha value is -2.53. The van der Waals surface area contributed by atoms with Gasteiger partial charge in [-0.25, -0.2) is 4.39 Å². The molecule has 0 saturated carbocycles. The Morgan fingerprint density at radius 3 is 2.38 bits per heavy atom. The van der Waals surface area contributed by atoms with Crippen LogP contribution < -0.4 is 5.32 Å². The van der Waals surface area contributed by atoms with E-state index in [0.717, 1.165) is 24.1 Å². The average molecular weight is 354 g/mol. The van der Waals surface area contributed by atoms with Crippen molar-refractivity contribution in [2.24, 2.45) is 0 Å². The van der Waals surface area contributed by atoms with E-state index in [0.29, 0.717) is 18.4 Å². The van der Waals surface area contributed by atoms with Crippen LogP contribution in [0.3, 0.4) is 0 Å². The number of benzene rings is 2. The SMILES string of the molecule is CN(C)CCC(=O)c1ccc2c(c1)CC(NC(=O)c1ccc(F)cc1)C2. The molecule has 26 heavy (non-hydrogen) atoms. The van der Waals surface area contributed by atoms with Gasteiger partial charge in [0.25, 0.3) is 5.91 Å². The van der Waals surface area contributed by atoms with Crippen LogP contribution in [0.4, 0.5) is 4.39 Å². The molecule has 0 aliphatic heterocycles. The molecule has 0 aromatic heterocycles. The molecule has 1 aliphatic rings. The van der Waals surface area contributed by atoms with Crippen LogP contribution in [0.15, 0.2) is 42.5 Å². The van der Waals surface area contributed by atoms with Gasteiger partial charge >= 0.3 is 0 Å². The summed E-state index contributed by atoms with van der Waals surface area (Å²) < 4.78 is 13.0. The molecule has 2 aromatic rings. The van der Waals surface area contributed by atoms with Gasteiger partial charge in [-0.3, -0.25) is 9.59 Å². The zero-order chi connectivity index (χ0) is 18.7. The molecule has 0 spiro atoms. The summed E-state index contributed by atoms with van der Waals surface area (Å²) in [4.78, 5) is 26.6. The maximum absolute atomic E-state index is 13.0. The number of carbonyl (C=O) groups excluding carboxylic acids is 2. The van der Waals surface area contributed by atoms with E-state index in [-0.39, 0.29) is 23.5 Å². The van der Waals surface area contributed by atoms with Gasteiger partial charge in [0, 0.05) is 30.1 Å². The van der Waals surface area contributed by atoms with E-state index in [1.54, 1.807) is 0 Å². The van der Waals surface area contributed by atoms with Crippen LogP contribution in [-0.4, -0.2) is 43.3 Å². The van der Waals surface area contributed by atoms with Crippen molar-refractivity contribution in [2.45, 2.75) is 25.3 Å². The third kappa shape index (κ3) is 4.35. The number of carbonyl (C=O) groups is 2. The van der Waals surface area contributed by atoms with E-state index < -0.39 is 0 Å². The first kappa shape index (κ1) is 18.3. The second kappa shape index (κ2) is 7.79. The maximum Gasteiger partial charge on any atom is 0.251 e. The Kier molecular flexibility index (Phi) is 5.47. The van der Waals surface area contributed by atoms with Gasteiger partial charge in [-0.05, 0) is 68.4 Å². The molecule has 4 nitrogen and oxygen atoms in total. The molecule has 0 heterocycles. The maximum atomic E-state index is 13.0. The zero-order valence-electron chi connectivity index (χ0n) is 15.1. The molecule has 5 heteroatoms. The van der Waals surface area contributed by atoms with Gasteiger partial charge in [-0.1, -0.05) is 12.1 Å². The van der Waals surface area contributed by atoms with Crippen molar-refractivity contribution in [1.29, 1.82) is 0 Å². The van der Waals surface area contributed by atoms with Crippen LogP contribution in [0.5, 0.6) is 0 Å². The van der Waals surface area contributed by atoms with Gasteiger partial charge in [-0.2, -0.15) is 0 Å². The van der Waals surface area contributed by atoms with Crippen molar-refractivity contribution >= 4 is 11.7 Å². The minimum atomic E-state index is -0.360. The summed E-state index contributed by atoms with van der Waals surface area (Å²) in [6.45, 7) is 0.728. The predicted molar refractivity (Wildman–Crippen MR) is 99.0 cm³/mol. The Morgan fingerprint density at radius 1 is 1.04 bits per heavy atom. The monoisotopic (exact) mass is 354 g/mol. The Balaban J connectivity index is 1.62. The third-order valence-electron chi connectivity index (χ3n) is 4.69. The number of amides is 1. The van der Waals surface area contributed by atoms with E-state index in [1.807, 2.05) is 37.2 Å². The van der Waals surface area contributed by atoms with Crippen molar-refractivity contribution in [1.82, 2.24) is 10.2 Å². The largest absolute Gasteiger partial charge is 0.349 e. The molecule has 136 valence electrons. The van der Waals surface area contributed by atoms with Crippen molar-refractivity contribution in [3.05, 3.63) is 70.5 Å². The number of nitrogens with one attached hydrogen (secondary N) is 1. The lowest BCUT2D eigenvalue weighted by Gasteiger charge is -2.12. The molecule has 1 unspecified atom stereocenters. The molecule has 0 bridgehead atoms. The van der Waals surface area contributed by atoms with E-state index in [1.165, 1.54) is 29.8 Å². The number of rotatable bonds is 6. The lowest BCUT2D eigenvalue weighted by molar-refractivity contribution is 0.0936. The summed E-state index contributed by atoms with van der Waals surface area (Å²) in [6.07, 6.45) is 1.95. The van der Waals surface area contributed by atoms with Gasteiger partial charge in [-0.15, -0.1) is 0 Å². The molecule has 1 aliphatic carbocycles. The number of hydrogen-bond acceptors (Lipinski definition) is 3. The molecule has 1 N–H and O–H groups in total. The highest BCUT2D eigenvalue weighted by Gasteiger charge is 2.24. The minimum absolute atomic E-state index is 0.00493. The quantitative estimate of drug-likeness (QED) is 0.812. The molecular formula is C21H23FN2O2. The molecule has 1 atom stereocenters. The van der Waals surface area contributed by atoms with Crippen LogP contribution in [0.2, 0.25) is 0 Å². The van der Waals surface area contributed by atoms with Crippen LogP contribution >= 0.6 is 0 Å². The molecule has 0 saturated heterocycles. The Labute approximate surface area is 153 Å². The van der Waals surface area contributed by atoms with Gasteiger partial charge < -0.3 is 10.2 Å². The fourth-order valence-corrected chi connectivity index (χ4v) is 3.23. The smallest absolute Gasteiger partial charge is 0.251 e. The topological polar surface area (TPSA) is 49.4 Å². The lowest BCUT2D eigenvalue weighted by atomic mass is 10.0. The molecule has 0 fully saturated rings. The molecule has 0 radical (unpaired) electrons. The van der Waals surface area contributed by atoms with E-state index >= 15 is 0 Å². The Morgan fingerprint density at radius 2 is 1.69 bits per heavy atom. The van der Waals surface area contributed by atoms with Crippen molar-refractivity contribution in [2.75, 3.05) is 20.6 Å². The lowest BCUT2D eigenvalue weighted by Crippen LogP contribution is -2.35. The summed E-state index contributed by atoms with van der Waals surface area (Å²) >= 11 is 0. The summed E-state index contributed by atoms with van der Waals surface area (Å²) in [5.74, 6) is -0.424. The second-order valence-electron chi connectivity index (χ2n) is 7.05. The van der Waals surface area contributed by atoms with Crippen molar-refractivity contribution in [3.63, 3.8) is 0 Å². The highest BCUT2D eigenvalue weighted by molar-refractivity contribution is 5.96. The van der Waals surface area contributed by atoms with Gasteiger partial charge in [0.2, 0.25) is 0 Å². The number of hydrogen-bond donors (Lipinski definition) is 1. The first-order chi connectivity index (χ1) is 12.4. The standard InChI is InChI=1S/C21H23FN2O2/c1-24(2)10-9-20(25)16-4-3-15-12-19(13-17(15)11-16)23-21(26)14-5-7-18(22)8-6-14/h3-8,11,19H,9-10,12-13H2,1-2H3,(H,23,26). The normalized spacial score (nSPS) is 15.8. The molecule has 2 aromatic carbocycles. The zero-order valence-corrected chi connectivity index (χ0v) is 15.1. The van der Waals surface area contributed by atoms with Crippen molar-refractivity contribution in [3.8, 4) is 0 Å². The van der Waals surface area contributed by atoms with Crippen LogP contribution in [0.1, 0.15) is 38.3 Å². The highest BCUT2D eigenvalue weighted by atomic mass is 19.1. The first-order valence-corrected chi connectivity index (χ1v) is 8.78. The van der Waals surface area contributed by atoms with Crippen LogP contribution in [0.25, 0.3) is 0 Å². The molecular weight excluding hydrogens is 331 g/mol. The summed E-state index contributed by atoms with van der Waals surface area (Å²) in [5, 5.41) is 3.00. The summed E-state index contributed by atoms with van der Waals surface area (Å²) in [5.41, 5.74) is 3.46. The van der Waals surface area contributed by atoms with E-state index in [2.05, 4.69) is 5.32 Å². The number of nitrogens with zero attached hydrogens (tertiary/aromatic N) is 1.